The molecule has 9 nitrogen and oxygen atoms in total. The number of aryl methyl sites for hydroxylation is 3. The van der Waals surface area contributed by atoms with E-state index in [0.717, 1.165) is 42.6 Å². The second kappa shape index (κ2) is 14.2. The number of hydrogen-bond acceptors (Lipinski definition) is 8. The lowest BCUT2D eigenvalue weighted by atomic mass is 10.1. The molecule has 0 spiro atoms. The Morgan fingerprint density at radius 3 is 2.39 bits per heavy atom. The summed E-state index contributed by atoms with van der Waals surface area (Å²) >= 11 is 0. The zero-order valence-electron chi connectivity index (χ0n) is 27.6. The van der Waals surface area contributed by atoms with E-state index in [-0.39, 0.29) is 23.2 Å². The van der Waals surface area contributed by atoms with Gasteiger partial charge in [0.25, 0.3) is 5.91 Å². The molecule has 1 fully saturated rings. The SMILES string of the molecule is CCCc1ccc(Oc2nc(Nc3ccc(N4C[C@@H](C)N(C)[C@@H](C)C4)c(F)c3)ncc2C(=O)Nc2c(C)cccc2C)c(OC)c1. The number of ether oxygens (including phenoxy) is 2. The van der Waals surface area contributed by atoms with E-state index in [1.165, 1.54) is 12.3 Å². The van der Waals surface area contributed by atoms with E-state index in [2.05, 4.69) is 58.2 Å². The number of piperazine rings is 1. The fourth-order valence-corrected chi connectivity index (χ4v) is 5.77. The Bertz CT molecular complexity index is 1680. The highest BCUT2D eigenvalue weighted by atomic mass is 19.1. The summed E-state index contributed by atoms with van der Waals surface area (Å²) in [6, 6.07) is 17.1. The zero-order valence-corrected chi connectivity index (χ0v) is 27.6. The Balaban J connectivity index is 1.45. The third kappa shape index (κ3) is 7.23. The first-order valence-electron chi connectivity index (χ1n) is 15.7. The average Bonchev–Trinajstić information content (AvgIpc) is 3.02. The quantitative estimate of drug-likeness (QED) is 0.187. The summed E-state index contributed by atoms with van der Waals surface area (Å²) in [4.78, 5) is 27.0. The maximum absolute atomic E-state index is 15.4. The molecule has 46 heavy (non-hydrogen) atoms. The van der Waals surface area contributed by atoms with Crippen LogP contribution in [0.25, 0.3) is 0 Å². The number of carbonyl (C=O) groups is 1. The Hall–Kier alpha value is -4.70. The van der Waals surface area contributed by atoms with E-state index in [1.807, 2.05) is 44.2 Å². The third-order valence-corrected chi connectivity index (χ3v) is 8.60. The number of benzene rings is 3. The maximum atomic E-state index is 15.4. The van der Waals surface area contributed by atoms with E-state index in [0.29, 0.717) is 40.6 Å². The molecule has 3 aromatic carbocycles. The number of halogens is 1. The molecule has 2 N–H and O–H groups in total. The number of likely N-dealkylation sites (N-methyl/N-ethyl adjacent to an activating group) is 1. The van der Waals surface area contributed by atoms with Gasteiger partial charge < -0.3 is 25.0 Å². The van der Waals surface area contributed by atoms with Crippen molar-refractivity contribution in [3.05, 3.63) is 88.9 Å². The summed E-state index contributed by atoms with van der Waals surface area (Å²) in [5, 5.41) is 6.07. The molecule has 242 valence electrons. The molecule has 0 bridgehead atoms. The van der Waals surface area contributed by atoms with Crippen LogP contribution in [0.5, 0.6) is 17.4 Å². The molecule has 0 radical (unpaired) electrons. The molecule has 5 rings (SSSR count). The van der Waals surface area contributed by atoms with Gasteiger partial charge in [-0.1, -0.05) is 37.6 Å². The highest BCUT2D eigenvalue weighted by molar-refractivity contribution is 6.06. The highest BCUT2D eigenvalue weighted by Gasteiger charge is 2.28. The zero-order chi connectivity index (χ0) is 33.0. The molecule has 1 aromatic heterocycles. The molecule has 0 unspecified atom stereocenters. The number of para-hydroxylation sites is 1. The van der Waals surface area contributed by atoms with Gasteiger partial charge in [-0.15, -0.1) is 0 Å². The van der Waals surface area contributed by atoms with Crippen LogP contribution in [0.15, 0.2) is 60.8 Å². The van der Waals surface area contributed by atoms with Gasteiger partial charge in [0.1, 0.15) is 11.4 Å². The van der Waals surface area contributed by atoms with E-state index < -0.39 is 5.91 Å². The van der Waals surface area contributed by atoms with Gasteiger partial charge in [-0.3, -0.25) is 9.69 Å². The van der Waals surface area contributed by atoms with Crippen molar-refractivity contribution < 1.29 is 18.7 Å². The molecule has 2 heterocycles. The van der Waals surface area contributed by atoms with Crippen molar-refractivity contribution >= 4 is 28.9 Å². The molecule has 0 aliphatic carbocycles. The van der Waals surface area contributed by atoms with Crippen molar-refractivity contribution in [3.63, 3.8) is 0 Å². The third-order valence-electron chi connectivity index (χ3n) is 8.60. The predicted molar refractivity (Wildman–Crippen MR) is 182 cm³/mol. The number of aromatic nitrogens is 2. The van der Waals surface area contributed by atoms with Gasteiger partial charge in [-0.2, -0.15) is 4.98 Å². The fraction of sp³-hybridized carbons (Fsp3) is 0.361. The Labute approximate surface area is 270 Å². The number of rotatable bonds is 10. The number of nitrogens with one attached hydrogen (secondary N) is 2. The summed E-state index contributed by atoms with van der Waals surface area (Å²) < 4.78 is 27.3. The van der Waals surface area contributed by atoms with Crippen LogP contribution in [-0.2, 0) is 6.42 Å². The van der Waals surface area contributed by atoms with Gasteiger partial charge in [0, 0.05) is 42.7 Å². The number of amides is 1. The second-order valence-corrected chi connectivity index (χ2v) is 12.0. The van der Waals surface area contributed by atoms with Crippen molar-refractivity contribution in [1.29, 1.82) is 0 Å². The van der Waals surface area contributed by atoms with Crippen molar-refractivity contribution in [2.24, 2.45) is 0 Å². The molecular formula is C36H43FN6O3. The van der Waals surface area contributed by atoms with Crippen LogP contribution in [0.4, 0.5) is 27.4 Å². The average molecular weight is 627 g/mol. The second-order valence-electron chi connectivity index (χ2n) is 12.0. The summed E-state index contributed by atoms with van der Waals surface area (Å²) in [7, 11) is 3.67. The number of hydrogen-bond donors (Lipinski definition) is 2. The standard InChI is InChI=1S/C36H43FN6O3/c1-8-10-26-13-16-31(32(17-26)45-7)46-35-28(34(44)40-33-22(2)11-9-12-23(33)3)19-38-36(41-35)39-27-14-15-30(29(37)18-27)43-20-24(4)42(6)25(5)21-43/h9,11-19,24-25H,8,10,20-21H2,1-7H3,(H,40,44)(H,38,39,41)/t24-,25+. The largest absolute Gasteiger partial charge is 0.493 e. The lowest BCUT2D eigenvalue weighted by Gasteiger charge is -2.43. The van der Waals surface area contributed by atoms with Crippen LogP contribution in [-0.4, -0.2) is 60.1 Å². The minimum absolute atomic E-state index is 0.0280. The molecular weight excluding hydrogens is 583 g/mol. The van der Waals surface area contributed by atoms with Gasteiger partial charge in [-0.05, 0) is 88.2 Å². The molecule has 0 saturated carbocycles. The summed E-state index contributed by atoms with van der Waals surface area (Å²) in [6.07, 6.45) is 3.29. The maximum Gasteiger partial charge on any atom is 0.262 e. The Morgan fingerprint density at radius 1 is 1.02 bits per heavy atom. The lowest BCUT2D eigenvalue weighted by Crippen LogP contribution is -2.55. The van der Waals surface area contributed by atoms with Gasteiger partial charge >= 0.3 is 0 Å². The molecule has 1 aliphatic rings. The van der Waals surface area contributed by atoms with E-state index >= 15 is 4.39 Å². The number of methoxy groups -OCH3 is 1. The summed E-state index contributed by atoms with van der Waals surface area (Å²) in [5.74, 6) is 0.331. The minimum Gasteiger partial charge on any atom is -0.493 e. The molecule has 2 atom stereocenters. The first kappa shape index (κ1) is 32.7. The summed E-state index contributed by atoms with van der Waals surface area (Å²) in [6.45, 7) is 11.7. The number of carbonyl (C=O) groups excluding carboxylic acids is 1. The molecule has 4 aromatic rings. The van der Waals surface area contributed by atoms with Crippen LogP contribution < -0.4 is 25.0 Å². The Morgan fingerprint density at radius 2 is 1.74 bits per heavy atom. The normalized spacial score (nSPS) is 16.7. The van der Waals surface area contributed by atoms with Crippen LogP contribution in [0, 0.1) is 19.7 Å². The summed E-state index contributed by atoms with van der Waals surface area (Å²) in [5.41, 5.74) is 4.82. The van der Waals surface area contributed by atoms with E-state index in [4.69, 9.17) is 9.47 Å². The van der Waals surface area contributed by atoms with Crippen molar-refractivity contribution in [1.82, 2.24) is 14.9 Å². The monoisotopic (exact) mass is 626 g/mol. The molecule has 10 heteroatoms. The molecule has 1 aliphatic heterocycles. The lowest BCUT2D eigenvalue weighted by molar-refractivity contribution is 0.102. The van der Waals surface area contributed by atoms with Crippen LogP contribution >= 0.6 is 0 Å². The first-order valence-corrected chi connectivity index (χ1v) is 15.7. The van der Waals surface area contributed by atoms with Crippen LogP contribution in [0.1, 0.15) is 54.2 Å². The van der Waals surface area contributed by atoms with E-state index in [1.54, 1.807) is 25.3 Å². The van der Waals surface area contributed by atoms with Crippen molar-refractivity contribution in [2.45, 2.75) is 59.5 Å². The Kier molecular flexibility index (Phi) is 10.1. The highest BCUT2D eigenvalue weighted by Crippen LogP contribution is 2.35. The molecule has 1 amide bonds. The minimum atomic E-state index is -0.424. The predicted octanol–water partition coefficient (Wildman–Crippen LogP) is 7.51. The number of anilines is 4. The molecule has 1 saturated heterocycles. The van der Waals surface area contributed by atoms with Crippen LogP contribution in [0.3, 0.4) is 0 Å². The van der Waals surface area contributed by atoms with Gasteiger partial charge in [0.15, 0.2) is 11.5 Å². The topological polar surface area (TPSA) is 91.9 Å². The van der Waals surface area contributed by atoms with Gasteiger partial charge in [-0.25, -0.2) is 9.37 Å². The van der Waals surface area contributed by atoms with Gasteiger partial charge in [0.2, 0.25) is 11.8 Å². The van der Waals surface area contributed by atoms with E-state index in [9.17, 15) is 4.79 Å². The smallest absolute Gasteiger partial charge is 0.262 e. The van der Waals surface area contributed by atoms with Crippen LogP contribution in [0.2, 0.25) is 0 Å². The van der Waals surface area contributed by atoms with Gasteiger partial charge in [0.05, 0.1) is 12.8 Å². The first-order chi connectivity index (χ1) is 22.1. The number of nitrogens with zero attached hydrogens (tertiary/aromatic N) is 4. The van der Waals surface area contributed by atoms with Crippen molar-refractivity contribution in [3.8, 4) is 17.4 Å². The fourth-order valence-electron chi connectivity index (χ4n) is 5.77. The van der Waals surface area contributed by atoms with Crippen molar-refractivity contribution in [2.75, 3.05) is 42.8 Å².